The number of aryl methyl sites for hydroxylation is 1. The largest absolute Gasteiger partial charge is 0.283 e. The van der Waals surface area contributed by atoms with Crippen LogP contribution in [-0.2, 0) is 10.0 Å². The Kier molecular flexibility index (Phi) is 5.43. The van der Waals surface area contributed by atoms with Crippen LogP contribution in [0.15, 0.2) is 16.6 Å². The van der Waals surface area contributed by atoms with E-state index in [0.29, 0.717) is 11.3 Å². The van der Waals surface area contributed by atoms with Crippen LogP contribution in [0, 0.1) is 18.7 Å². The molecule has 1 aromatic carbocycles. The summed E-state index contributed by atoms with van der Waals surface area (Å²) in [5.41, 5.74) is 0.892. The first kappa shape index (κ1) is 15.7. The fourth-order valence-electron chi connectivity index (χ4n) is 1.38. The van der Waals surface area contributed by atoms with Gasteiger partial charge in [0.05, 0.1) is 15.9 Å². The first-order valence-corrected chi connectivity index (χ1v) is 8.25. The highest BCUT2D eigenvalue weighted by atomic mass is 79.9. The molecule has 1 atom stereocenters. The highest BCUT2D eigenvalue weighted by Gasteiger charge is 2.17. The zero-order chi connectivity index (χ0) is 13.9. The van der Waals surface area contributed by atoms with Crippen LogP contribution >= 0.6 is 27.5 Å². The summed E-state index contributed by atoms with van der Waals surface area (Å²) in [5, 5.41) is 0. The van der Waals surface area contributed by atoms with Gasteiger partial charge < -0.3 is 0 Å². The molecule has 0 aliphatic heterocycles. The Morgan fingerprint density at radius 3 is 2.67 bits per heavy atom. The molecule has 1 unspecified atom stereocenters. The predicted molar refractivity (Wildman–Crippen MR) is 76.1 cm³/mol. The Hall–Kier alpha value is -0.330. The molecule has 1 rings (SSSR count). The average Bonchev–Trinajstić information content (AvgIpc) is 2.24. The zero-order valence-electron chi connectivity index (χ0n) is 10.0. The van der Waals surface area contributed by atoms with E-state index in [-0.39, 0.29) is 22.0 Å². The Morgan fingerprint density at radius 2 is 2.11 bits per heavy atom. The first-order chi connectivity index (χ1) is 8.25. The number of alkyl halides is 1. The van der Waals surface area contributed by atoms with Crippen LogP contribution < -0.4 is 4.72 Å². The highest BCUT2D eigenvalue weighted by Crippen LogP contribution is 2.25. The number of hydrogen-bond acceptors (Lipinski definition) is 2. The van der Waals surface area contributed by atoms with Crippen LogP contribution in [0.1, 0.15) is 12.5 Å². The van der Waals surface area contributed by atoms with Crippen LogP contribution in [0.2, 0.25) is 0 Å². The van der Waals surface area contributed by atoms with Crippen molar-refractivity contribution in [3.05, 3.63) is 28.0 Å². The van der Waals surface area contributed by atoms with Crippen molar-refractivity contribution in [3.63, 3.8) is 0 Å². The van der Waals surface area contributed by atoms with Crippen molar-refractivity contribution in [3.8, 4) is 0 Å². The van der Waals surface area contributed by atoms with E-state index in [1.807, 2.05) is 0 Å². The summed E-state index contributed by atoms with van der Waals surface area (Å²) < 4.78 is 39.5. The number of anilines is 1. The van der Waals surface area contributed by atoms with Crippen LogP contribution in [0.25, 0.3) is 0 Å². The van der Waals surface area contributed by atoms with Gasteiger partial charge in [0.15, 0.2) is 0 Å². The molecular weight excluding hydrogens is 345 g/mol. The second kappa shape index (κ2) is 6.21. The first-order valence-electron chi connectivity index (χ1n) is 5.27. The SMILES string of the molecule is Cc1cc(F)c(Br)cc1NS(=O)(=O)CC(C)CCl. The maximum absolute atomic E-state index is 13.2. The summed E-state index contributed by atoms with van der Waals surface area (Å²) in [7, 11) is -3.48. The van der Waals surface area contributed by atoms with E-state index in [1.54, 1.807) is 13.8 Å². The molecule has 1 N–H and O–H groups in total. The lowest BCUT2D eigenvalue weighted by atomic mass is 10.2. The molecule has 0 saturated heterocycles. The van der Waals surface area contributed by atoms with Gasteiger partial charge >= 0.3 is 0 Å². The Bertz CT molecular complexity index is 536. The molecule has 0 spiro atoms. The molecule has 7 heteroatoms. The van der Waals surface area contributed by atoms with Crippen molar-refractivity contribution in [1.29, 1.82) is 0 Å². The van der Waals surface area contributed by atoms with E-state index < -0.39 is 15.8 Å². The number of sulfonamides is 1. The molecule has 0 saturated carbocycles. The van der Waals surface area contributed by atoms with E-state index in [2.05, 4.69) is 20.7 Å². The van der Waals surface area contributed by atoms with Crippen molar-refractivity contribution in [2.45, 2.75) is 13.8 Å². The van der Waals surface area contributed by atoms with E-state index in [9.17, 15) is 12.8 Å². The van der Waals surface area contributed by atoms with Gasteiger partial charge in [-0.3, -0.25) is 4.72 Å². The van der Waals surface area contributed by atoms with Gasteiger partial charge in [-0.25, -0.2) is 12.8 Å². The lowest BCUT2D eigenvalue weighted by Crippen LogP contribution is -2.22. The number of halogens is 3. The molecule has 0 bridgehead atoms. The molecule has 0 aliphatic rings. The van der Waals surface area contributed by atoms with Crippen molar-refractivity contribution in [2.75, 3.05) is 16.4 Å². The van der Waals surface area contributed by atoms with Gasteiger partial charge in [0.1, 0.15) is 5.82 Å². The predicted octanol–water partition coefficient (Wildman–Crippen LogP) is 3.51. The summed E-state index contributed by atoms with van der Waals surface area (Å²) in [6.07, 6.45) is 0. The van der Waals surface area contributed by atoms with Gasteiger partial charge in [0.2, 0.25) is 10.0 Å². The Balaban J connectivity index is 2.94. The minimum atomic E-state index is -3.48. The molecule has 0 heterocycles. The van der Waals surface area contributed by atoms with Gasteiger partial charge in [-0.15, -0.1) is 11.6 Å². The van der Waals surface area contributed by atoms with E-state index in [0.717, 1.165) is 0 Å². The molecule has 0 fully saturated rings. The molecule has 18 heavy (non-hydrogen) atoms. The van der Waals surface area contributed by atoms with Gasteiger partial charge in [-0.05, 0) is 46.5 Å². The molecule has 102 valence electrons. The third-order valence-electron chi connectivity index (χ3n) is 2.30. The van der Waals surface area contributed by atoms with Crippen LogP contribution in [0.3, 0.4) is 0 Å². The van der Waals surface area contributed by atoms with Crippen molar-refractivity contribution in [1.82, 2.24) is 0 Å². The maximum atomic E-state index is 13.2. The van der Waals surface area contributed by atoms with Gasteiger partial charge in [-0.2, -0.15) is 0 Å². The van der Waals surface area contributed by atoms with Gasteiger partial charge in [-0.1, -0.05) is 6.92 Å². The lowest BCUT2D eigenvalue weighted by molar-refractivity contribution is 0.588. The molecule has 0 amide bonds. The van der Waals surface area contributed by atoms with Gasteiger partial charge in [0.25, 0.3) is 0 Å². The van der Waals surface area contributed by atoms with E-state index in [1.165, 1.54) is 12.1 Å². The fraction of sp³-hybridized carbons (Fsp3) is 0.455. The van der Waals surface area contributed by atoms with Crippen LogP contribution in [0.5, 0.6) is 0 Å². The zero-order valence-corrected chi connectivity index (χ0v) is 13.2. The summed E-state index contributed by atoms with van der Waals surface area (Å²) in [4.78, 5) is 0. The third kappa shape index (κ3) is 4.40. The normalized spacial score (nSPS) is 13.4. The molecular formula is C11H14BrClFNO2S. The highest BCUT2D eigenvalue weighted by molar-refractivity contribution is 9.10. The quantitative estimate of drug-likeness (QED) is 0.819. The maximum Gasteiger partial charge on any atom is 0.233 e. The number of hydrogen-bond donors (Lipinski definition) is 1. The van der Waals surface area contributed by atoms with Crippen molar-refractivity contribution < 1.29 is 12.8 Å². The standard InChI is InChI=1S/C11H14BrClFNO2S/c1-7(5-13)6-18(16,17)15-11-4-9(12)10(14)3-8(11)2/h3-4,7,15H,5-6H2,1-2H3. The summed E-state index contributed by atoms with van der Waals surface area (Å²) in [6.45, 7) is 3.39. The second-order valence-corrected chi connectivity index (χ2v) is 7.15. The monoisotopic (exact) mass is 357 g/mol. The second-order valence-electron chi connectivity index (χ2n) is 4.22. The number of nitrogens with one attached hydrogen (secondary N) is 1. The molecule has 0 radical (unpaired) electrons. The molecule has 3 nitrogen and oxygen atoms in total. The van der Waals surface area contributed by atoms with Gasteiger partial charge in [0, 0.05) is 5.88 Å². The topological polar surface area (TPSA) is 46.2 Å². The van der Waals surface area contributed by atoms with Crippen LogP contribution in [-0.4, -0.2) is 20.1 Å². The number of benzene rings is 1. The van der Waals surface area contributed by atoms with E-state index >= 15 is 0 Å². The molecule has 0 aliphatic carbocycles. The number of rotatable bonds is 5. The third-order valence-corrected chi connectivity index (χ3v) is 4.97. The Morgan fingerprint density at radius 1 is 1.50 bits per heavy atom. The fourth-order valence-corrected chi connectivity index (χ4v) is 3.47. The van der Waals surface area contributed by atoms with Crippen LogP contribution in [0.4, 0.5) is 10.1 Å². The minimum absolute atomic E-state index is 0.0645. The molecule has 1 aromatic rings. The average molecular weight is 359 g/mol. The lowest BCUT2D eigenvalue weighted by Gasteiger charge is -2.13. The summed E-state index contributed by atoms with van der Waals surface area (Å²) in [6, 6.07) is 2.68. The van der Waals surface area contributed by atoms with Crippen molar-refractivity contribution in [2.24, 2.45) is 5.92 Å². The smallest absolute Gasteiger partial charge is 0.233 e. The van der Waals surface area contributed by atoms with E-state index in [4.69, 9.17) is 11.6 Å². The Labute approximate surface area is 120 Å². The summed E-state index contributed by atoms with van der Waals surface area (Å²) in [5.74, 6) is -0.365. The molecule has 0 aromatic heterocycles. The van der Waals surface area contributed by atoms with Crippen molar-refractivity contribution >= 4 is 43.2 Å². The summed E-state index contributed by atoms with van der Waals surface area (Å²) >= 11 is 8.61. The minimum Gasteiger partial charge on any atom is -0.283 e.